The summed E-state index contributed by atoms with van der Waals surface area (Å²) in [7, 11) is 0. The van der Waals surface area contributed by atoms with Crippen LogP contribution in [0.2, 0.25) is 0 Å². The van der Waals surface area contributed by atoms with Crippen LogP contribution in [0.3, 0.4) is 0 Å². The Hall–Kier alpha value is -0.910. The second kappa shape index (κ2) is 4.96. The fourth-order valence-electron chi connectivity index (χ4n) is 0.668. The average Bonchev–Trinajstić information content (AvgIpc) is 1.95. The van der Waals surface area contributed by atoms with E-state index in [9.17, 15) is 18.4 Å². The van der Waals surface area contributed by atoms with E-state index in [4.69, 9.17) is 5.11 Å². The third-order valence-corrected chi connectivity index (χ3v) is 1.47. The number of nitrogens with one attached hydrogen (secondary N) is 1. The number of amides is 1. The maximum Gasteiger partial charge on any atom is 0.326 e. The van der Waals surface area contributed by atoms with Crippen LogP contribution in [0.15, 0.2) is 0 Å². The van der Waals surface area contributed by atoms with Crippen LogP contribution in [0.1, 0.15) is 12.8 Å². The molecule has 0 aliphatic carbocycles. The summed E-state index contributed by atoms with van der Waals surface area (Å²) < 4.78 is 24.1. The average molecular weight is 216 g/mol. The predicted molar refractivity (Wildman–Crippen MR) is 40.7 cm³/mol. The maximum atomic E-state index is 12.0. The minimum absolute atomic E-state index is 0.144. The molecule has 0 bridgehead atoms. The van der Waals surface area contributed by atoms with Gasteiger partial charge in [-0.3, -0.25) is 4.79 Å². The lowest BCUT2D eigenvalue weighted by Crippen LogP contribution is -2.36. The topological polar surface area (TPSA) is 66.4 Å². The van der Waals surface area contributed by atoms with Crippen molar-refractivity contribution in [1.82, 2.24) is 5.32 Å². The molecule has 4 nitrogen and oxygen atoms in total. The molecule has 13 heavy (non-hydrogen) atoms. The largest absolute Gasteiger partial charge is 0.480 e. The molecule has 2 N–H and O–H groups in total. The normalized spacial score (nSPS) is 13.5. The molecule has 0 rings (SSSR count). The monoisotopic (exact) mass is 215 g/mol. The SMILES string of the molecule is O=CNC(CCC(F)(F)Cl)C(=O)O. The number of carbonyl (C=O) groups is 2. The number of carboxylic acid groups (broad SMARTS) is 1. The van der Waals surface area contributed by atoms with E-state index in [1.54, 1.807) is 0 Å². The lowest BCUT2D eigenvalue weighted by atomic mass is 10.1. The van der Waals surface area contributed by atoms with Gasteiger partial charge in [0.2, 0.25) is 6.41 Å². The van der Waals surface area contributed by atoms with Gasteiger partial charge in [-0.05, 0) is 18.0 Å². The second-order valence-corrected chi connectivity index (χ2v) is 2.88. The minimum Gasteiger partial charge on any atom is -0.480 e. The molecule has 0 aliphatic rings. The Morgan fingerprint density at radius 1 is 1.69 bits per heavy atom. The lowest BCUT2D eigenvalue weighted by molar-refractivity contribution is -0.141. The summed E-state index contributed by atoms with van der Waals surface area (Å²) in [5.41, 5.74) is 0. The first-order chi connectivity index (χ1) is 5.87. The molecule has 0 saturated carbocycles. The fraction of sp³-hybridized carbons (Fsp3) is 0.667. The maximum absolute atomic E-state index is 12.0. The van der Waals surface area contributed by atoms with Crippen LogP contribution in [-0.4, -0.2) is 28.9 Å². The Morgan fingerprint density at radius 3 is 2.54 bits per heavy atom. The van der Waals surface area contributed by atoms with Gasteiger partial charge >= 0.3 is 11.4 Å². The Labute approximate surface area is 77.9 Å². The first-order valence-electron chi connectivity index (χ1n) is 3.36. The predicted octanol–water partition coefficient (Wildman–Crippen LogP) is 0.797. The zero-order chi connectivity index (χ0) is 10.5. The fourth-order valence-corrected chi connectivity index (χ4v) is 0.777. The zero-order valence-corrected chi connectivity index (χ0v) is 7.22. The van der Waals surface area contributed by atoms with Gasteiger partial charge in [-0.25, -0.2) is 4.79 Å². The number of halogens is 3. The Bertz CT molecular complexity index is 195. The van der Waals surface area contributed by atoms with Crippen molar-refractivity contribution in [2.75, 3.05) is 0 Å². The highest BCUT2D eigenvalue weighted by atomic mass is 35.5. The van der Waals surface area contributed by atoms with Crippen LogP contribution < -0.4 is 5.32 Å². The Kier molecular flexibility index (Phi) is 4.61. The van der Waals surface area contributed by atoms with Gasteiger partial charge in [-0.2, -0.15) is 8.78 Å². The smallest absolute Gasteiger partial charge is 0.326 e. The zero-order valence-electron chi connectivity index (χ0n) is 6.47. The Morgan fingerprint density at radius 2 is 2.23 bits per heavy atom. The molecule has 0 aromatic carbocycles. The molecule has 0 aromatic rings. The molecule has 0 spiro atoms. The summed E-state index contributed by atoms with van der Waals surface area (Å²) in [6.45, 7) is 0. The van der Waals surface area contributed by atoms with Gasteiger partial charge < -0.3 is 10.4 Å². The highest BCUT2D eigenvalue weighted by Crippen LogP contribution is 2.25. The summed E-state index contributed by atoms with van der Waals surface area (Å²) in [6.07, 6.45) is -1.07. The van der Waals surface area contributed by atoms with Gasteiger partial charge in [0.1, 0.15) is 6.04 Å². The molecular formula is C6H8ClF2NO3. The summed E-state index contributed by atoms with van der Waals surface area (Å²) in [5.74, 6) is -1.37. The van der Waals surface area contributed by atoms with Crippen molar-refractivity contribution in [3.63, 3.8) is 0 Å². The van der Waals surface area contributed by atoms with Gasteiger partial charge in [0.05, 0.1) is 0 Å². The van der Waals surface area contributed by atoms with Gasteiger partial charge in [-0.15, -0.1) is 0 Å². The molecule has 76 valence electrons. The first-order valence-corrected chi connectivity index (χ1v) is 3.74. The quantitative estimate of drug-likeness (QED) is 0.509. The van der Waals surface area contributed by atoms with Crippen molar-refractivity contribution in [3.05, 3.63) is 0 Å². The van der Waals surface area contributed by atoms with E-state index in [-0.39, 0.29) is 6.41 Å². The van der Waals surface area contributed by atoms with E-state index < -0.39 is 30.2 Å². The molecule has 0 fully saturated rings. The molecule has 1 atom stereocenters. The van der Waals surface area contributed by atoms with E-state index in [0.717, 1.165) is 0 Å². The molecule has 0 radical (unpaired) electrons. The standard InChI is InChI=1S/C6H8ClF2NO3/c7-6(8,9)2-1-4(5(12)13)10-3-11/h3-4H,1-2H2,(H,10,11)(H,12,13). The van der Waals surface area contributed by atoms with Gasteiger partial charge in [0.25, 0.3) is 0 Å². The van der Waals surface area contributed by atoms with Gasteiger partial charge in [0.15, 0.2) is 0 Å². The van der Waals surface area contributed by atoms with Crippen molar-refractivity contribution in [1.29, 1.82) is 0 Å². The van der Waals surface area contributed by atoms with Crippen LogP contribution in [0.4, 0.5) is 8.78 Å². The van der Waals surface area contributed by atoms with Gasteiger partial charge in [-0.1, -0.05) is 0 Å². The van der Waals surface area contributed by atoms with Crippen molar-refractivity contribution in [2.24, 2.45) is 0 Å². The minimum atomic E-state index is -3.43. The van der Waals surface area contributed by atoms with E-state index >= 15 is 0 Å². The van der Waals surface area contributed by atoms with Crippen molar-refractivity contribution in [2.45, 2.75) is 24.3 Å². The van der Waals surface area contributed by atoms with E-state index in [0.29, 0.717) is 0 Å². The van der Waals surface area contributed by atoms with E-state index in [2.05, 4.69) is 11.6 Å². The van der Waals surface area contributed by atoms with Crippen LogP contribution in [0.25, 0.3) is 0 Å². The molecule has 1 amide bonds. The van der Waals surface area contributed by atoms with Crippen LogP contribution in [0.5, 0.6) is 0 Å². The highest BCUT2D eigenvalue weighted by molar-refractivity contribution is 6.21. The van der Waals surface area contributed by atoms with E-state index in [1.165, 1.54) is 0 Å². The van der Waals surface area contributed by atoms with Crippen molar-refractivity contribution < 1.29 is 23.5 Å². The van der Waals surface area contributed by atoms with Crippen LogP contribution in [0, 0.1) is 0 Å². The number of rotatable bonds is 6. The van der Waals surface area contributed by atoms with E-state index in [1.807, 2.05) is 5.32 Å². The summed E-state index contributed by atoms with van der Waals surface area (Å²) in [6, 6.07) is -1.32. The lowest BCUT2D eigenvalue weighted by Gasteiger charge is -2.12. The summed E-state index contributed by atoms with van der Waals surface area (Å²) in [4.78, 5) is 20.1. The molecule has 7 heteroatoms. The molecule has 0 saturated heterocycles. The number of hydrogen-bond donors (Lipinski definition) is 2. The second-order valence-electron chi connectivity index (χ2n) is 2.33. The van der Waals surface area contributed by atoms with Crippen LogP contribution in [-0.2, 0) is 9.59 Å². The highest BCUT2D eigenvalue weighted by Gasteiger charge is 2.28. The third-order valence-electron chi connectivity index (χ3n) is 1.28. The molecule has 0 heterocycles. The summed E-state index contributed by atoms with van der Waals surface area (Å²) >= 11 is 4.54. The number of aliphatic carboxylic acids is 1. The summed E-state index contributed by atoms with van der Waals surface area (Å²) in [5, 5.41) is 6.84. The number of carbonyl (C=O) groups excluding carboxylic acids is 1. The van der Waals surface area contributed by atoms with Crippen LogP contribution >= 0.6 is 11.6 Å². The number of hydrogen-bond acceptors (Lipinski definition) is 2. The number of alkyl halides is 3. The molecular weight excluding hydrogens is 208 g/mol. The molecule has 0 aliphatic heterocycles. The molecule has 1 unspecified atom stereocenters. The number of carboxylic acids is 1. The third kappa shape index (κ3) is 6.27. The Balaban J connectivity index is 3.97. The van der Waals surface area contributed by atoms with Gasteiger partial charge in [0, 0.05) is 6.42 Å². The molecule has 0 aromatic heterocycles. The van der Waals surface area contributed by atoms with Crippen molar-refractivity contribution >= 4 is 24.0 Å². The van der Waals surface area contributed by atoms with Crippen molar-refractivity contribution in [3.8, 4) is 0 Å². The first kappa shape index (κ1) is 12.1.